The van der Waals surface area contributed by atoms with Crippen molar-refractivity contribution in [2.24, 2.45) is 0 Å². The van der Waals surface area contributed by atoms with E-state index in [9.17, 15) is 13.2 Å². The summed E-state index contributed by atoms with van der Waals surface area (Å²) in [6.45, 7) is 3.58. The number of fused-ring (bicyclic) bond motifs is 1. The smallest absolute Gasteiger partial charge is 0.347 e. The van der Waals surface area contributed by atoms with Crippen molar-refractivity contribution in [2.45, 2.75) is 38.4 Å². The van der Waals surface area contributed by atoms with Gasteiger partial charge in [-0.25, -0.2) is 15.0 Å². The summed E-state index contributed by atoms with van der Waals surface area (Å²) in [4.78, 5) is 16.8. The molecule has 1 saturated heterocycles. The Morgan fingerprint density at radius 3 is 2.63 bits per heavy atom. The number of nitrogens with zero attached hydrogens (tertiary/aromatic N) is 6. The van der Waals surface area contributed by atoms with E-state index < -0.39 is 11.7 Å². The average molecular weight is 420 g/mol. The molecule has 4 rings (SSSR count). The first-order valence-corrected chi connectivity index (χ1v) is 9.77. The maximum Gasteiger partial charge on any atom is 0.417 e. The number of alkyl halides is 3. The Hall–Kier alpha value is -2.75. The van der Waals surface area contributed by atoms with E-state index >= 15 is 0 Å². The van der Waals surface area contributed by atoms with Crippen molar-refractivity contribution in [1.29, 1.82) is 0 Å². The van der Waals surface area contributed by atoms with E-state index in [1.807, 2.05) is 19.0 Å². The Kier molecular flexibility index (Phi) is 5.35. The molecule has 0 bridgehead atoms. The summed E-state index contributed by atoms with van der Waals surface area (Å²) >= 11 is 0. The summed E-state index contributed by atoms with van der Waals surface area (Å²) < 4.78 is 46.2. The molecule has 3 aromatic heterocycles. The van der Waals surface area contributed by atoms with Crippen molar-refractivity contribution in [1.82, 2.24) is 25.0 Å². The molecule has 1 aliphatic heterocycles. The van der Waals surface area contributed by atoms with Gasteiger partial charge in [0.05, 0.1) is 16.6 Å². The number of halogens is 3. The van der Waals surface area contributed by atoms with Crippen molar-refractivity contribution in [3.63, 3.8) is 0 Å². The van der Waals surface area contributed by atoms with Gasteiger partial charge in [-0.3, -0.25) is 4.90 Å². The minimum Gasteiger partial charge on any atom is -0.347 e. The molecule has 3 aromatic rings. The van der Waals surface area contributed by atoms with Crippen LogP contribution in [0.1, 0.15) is 41.3 Å². The molecule has 0 spiro atoms. The average Bonchev–Trinajstić information content (AvgIpc) is 3.11. The van der Waals surface area contributed by atoms with Gasteiger partial charge in [0, 0.05) is 56.8 Å². The highest BCUT2D eigenvalue weighted by Gasteiger charge is 2.37. The van der Waals surface area contributed by atoms with Gasteiger partial charge in [0.25, 0.3) is 5.71 Å². The molecule has 1 fully saturated rings. The molecule has 0 radical (unpaired) electrons. The summed E-state index contributed by atoms with van der Waals surface area (Å²) in [5.41, 5.74) is 0.769. The SMILES string of the molecule is Cc1cc(C(F)(F)F)c2c([C@H]3CCCN(Cc4cnc(N(C)C)nc4)C3)noc2n1. The summed E-state index contributed by atoms with van der Waals surface area (Å²) in [6, 6.07) is 1.06. The second-order valence-corrected chi connectivity index (χ2v) is 7.92. The monoisotopic (exact) mass is 420 g/mol. The summed E-state index contributed by atoms with van der Waals surface area (Å²) in [6.07, 6.45) is 0.680. The Bertz CT molecular complexity index is 1030. The fourth-order valence-corrected chi connectivity index (χ4v) is 3.94. The van der Waals surface area contributed by atoms with Crippen LogP contribution in [-0.2, 0) is 12.7 Å². The zero-order valence-electron chi connectivity index (χ0n) is 17.1. The quantitative estimate of drug-likeness (QED) is 0.636. The van der Waals surface area contributed by atoms with Crippen LogP contribution >= 0.6 is 0 Å². The van der Waals surface area contributed by atoms with Crippen LogP contribution in [0.5, 0.6) is 0 Å². The number of pyridine rings is 1. The van der Waals surface area contributed by atoms with Crippen molar-refractivity contribution < 1.29 is 17.7 Å². The first-order valence-electron chi connectivity index (χ1n) is 9.77. The highest BCUT2D eigenvalue weighted by Crippen LogP contribution is 2.40. The predicted molar refractivity (Wildman–Crippen MR) is 105 cm³/mol. The van der Waals surface area contributed by atoms with Crippen LogP contribution in [0.25, 0.3) is 11.1 Å². The number of aryl methyl sites for hydroxylation is 1. The zero-order chi connectivity index (χ0) is 21.5. The predicted octanol–water partition coefficient (Wildman–Crippen LogP) is 3.79. The summed E-state index contributed by atoms with van der Waals surface area (Å²) in [7, 11) is 3.75. The van der Waals surface area contributed by atoms with E-state index in [1.165, 1.54) is 6.92 Å². The van der Waals surface area contributed by atoms with Crippen molar-refractivity contribution in [3.8, 4) is 0 Å². The third-order valence-corrected chi connectivity index (χ3v) is 5.30. The lowest BCUT2D eigenvalue weighted by atomic mass is 9.91. The van der Waals surface area contributed by atoms with Gasteiger partial charge in [0.15, 0.2) is 0 Å². The van der Waals surface area contributed by atoms with Crippen LogP contribution in [0.15, 0.2) is 23.0 Å². The Morgan fingerprint density at radius 2 is 1.97 bits per heavy atom. The minimum atomic E-state index is -4.49. The van der Waals surface area contributed by atoms with Crippen molar-refractivity contribution in [2.75, 3.05) is 32.1 Å². The van der Waals surface area contributed by atoms with Crippen LogP contribution in [-0.4, -0.2) is 52.2 Å². The molecule has 10 heteroatoms. The molecule has 0 saturated carbocycles. The number of hydrogen-bond donors (Lipinski definition) is 0. The first kappa shape index (κ1) is 20.5. The summed E-state index contributed by atoms with van der Waals surface area (Å²) in [5.74, 6) is 0.472. The highest BCUT2D eigenvalue weighted by atomic mass is 19.4. The van der Waals surface area contributed by atoms with Gasteiger partial charge in [0.1, 0.15) is 0 Å². The maximum absolute atomic E-state index is 13.7. The third kappa shape index (κ3) is 4.09. The number of aromatic nitrogens is 4. The van der Waals surface area contributed by atoms with Gasteiger partial charge in [-0.1, -0.05) is 5.16 Å². The molecule has 7 nitrogen and oxygen atoms in total. The van der Waals surface area contributed by atoms with E-state index in [0.29, 0.717) is 24.7 Å². The number of hydrogen-bond acceptors (Lipinski definition) is 7. The number of likely N-dealkylation sites (tertiary alicyclic amines) is 1. The number of piperidine rings is 1. The van der Waals surface area contributed by atoms with Crippen LogP contribution in [0, 0.1) is 6.92 Å². The van der Waals surface area contributed by atoms with Crippen LogP contribution in [0.3, 0.4) is 0 Å². The van der Waals surface area contributed by atoms with E-state index in [0.717, 1.165) is 31.0 Å². The first-order chi connectivity index (χ1) is 14.2. The fraction of sp³-hybridized carbons (Fsp3) is 0.500. The third-order valence-electron chi connectivity index (χ3n) is 5.30. The fourth-order valence-electron chi connectivity index (χ4n) is 3.94. The standard InChI is InChI=1S/C20H23F3N6O/c1-12-7-15(20(21,22)23)16-17(27-30-18(16)26-12)14-5-4-6-29(11-14)10-13-8-24-19(25-9-13)28(2)3/h7-9,14H,4-6,10-11H2,1-3H3/t14-/m0/s1. The molecule has 0 N–H and O–H groups in total. The molecule has 0 amide bonds. The van der Waals surface area contributed by atoms with Gasteiger partial charge in [-0.2, -0.15) is 13.2 Å². The lowest BCUT2D eigenvalue weighted by molar-refractivity contribution is -0.136. The second kappa shape index (κ2) is 7.82. The Balaban J connectivity index is 1.58. The number of anilines is 1. The van der Waals surface area contributed by atoms with Gasteiger partial charge in [-0.15, -0.1) is 0 Å². The van der Waals surface area contributed by atoms with Crippen molar-refractivity contribution >= 4 is 17.0 Å². The Morgan fingerprint density at radius 1 is 1.23 bits per heavy atom. The molecule has 160 valence electrons. The molecule has 30 heavy (non-hydrogen) atoms. The van der Waals surface area contributed by atoms with Crippen molar-refractivity contribution in [3.05, 3.63) is 41.0 Å². The molecule has 1 aliphatic rings. The van der Waals surface area contributed by atoms with Gasteiger partial charge in [-0.05, 0) is 32.4 Å². The Labute approximate surface area is 171 Å². The van der Waals surface area contributed by atoms with Crippen LogP contribution in [0.2, 0.25) is 0 Å². The molecular weight excluding hydrogens is 397 g/mol. The molecule has 0 aromatic carbocycles. The van der Waals surface area contributed by atoms with Crippen LogP contribution < -0.4 is 4.90 Å². The maximum atomic E-state index is 13.7. The largest absolute Gasteiger partial charge is 0.417 e. The molecule has 1 atom stereocenters. The molecule has 0 aliphatic carbocycles. The topological polar surface area (TPSA) is 71.2 Å². The highest BCUT2D eigenvalue weighted by molar-refractivity contribution is 5.81. The van der Waals surface area contributed by atoms with Gasteiger partial charge in [0.2, 0.25) is 5.95 Å². The van der Waals surface area contributed by atoms with E-state index in [4.69, 9.17) is 4.52 Å². The number of rotatable bonds is 4. The van der Waals surface area contributed by atoms with E-state index in [2.05, 4.69) is 25.0 Å². The lowest BCUT2D eigenvalue weighted by Crippen LogP contribution is -2.34. The van der Waals surface area contributed by atoms with E-state index in [-0.39, 0.29) is 22.7 Å². The normalized spacial score (nSPS) is 18.1. The molecule has 4 heterocycles. The van der Waals surface area contributed by atoms with Gasteiger partial charge < -0.3 is 9.42 Å². The lowest BCUT2D eigenvalue weighted by Gasteiger charge is -2.32. The van der Waals surface area contributed by atoms with E-state index in [1.54, 1.807) is 12.4 Å². The van der Waals surface area contributed by atoms with Crippen LogP contribution in [0.4, 0.5) is 19.1 Å². The zero-order valence-corrected chi connectivity index (χ0v) is 17.1. The summed E-state index contributed by atoms with van der Waals surface area (Å²) in [5, 5.41) is 4.00. The molecule has 0 unspecified atom stereocenters. The minimum absolute atomic E-state index is 0.0152. The second-order valence-electron chi connectivity index (χ2n) is 7.92. The molecular formula is C20H23F3N6O. The van der Waals surface area contributed by atoms with Gasteiger partial charge >= 0.3 is 6.18 Å².